The summed E-state index contributed by atoms with van der Waals surface area (Å²) >= 11 is 1.06. The topological polar surface area (TPSA) is 130 Å². The predicted octanol–water partition coefficient (Wildman–Crippen LogP) is 3.78. The van der Waals surface area contributed by atoms with E-state index in [4.69, 9.17) is 13.9 Å². The number of nitro groups is 1. The van der Waals surface area contributed by atoms with Gasteiger partial charge in [0.2, 0.25) is 5.91 Å². The molecule has 3 rings (SSSR count). The zero-order valence-corrected chi connectivity index (χ0v) is 17.0. The Bertz CT molecular complexity index is 1060. The highest BCUT2D eigenvalue weighted by atomic mass is 32.2. The van der Waals surface area contributed by atoms with Crippen molar-refractivity contribution in [3.63, 3.8) is 0 Å². The summed E-state index contributed by atoms with van der Waals surface area (Å²) in [5.74, 6) is 0.744. The number of aromatic nitrogens is 2. The summed E-state index contributed by atoms with van der Waals surface area (Å²) in [4.78, 5) is 22.6. The molecule has 0 atom stereocenters. The van der Waals surface area contributed by atoms with E-state index in [0.29, 0.717) is 29.5 Å². The third-order valence-electron chi connectivity index (χ3n) is 3.82. The van der Waals surface area contributed by atoms with E-state index in [-0.39, 0.29) is 28.3 Å². The molecule has 0 saturated heterocycles. The second-order valence-corrected chi connectivity index (χ2v) is 6.71. The van der Waals surface area contributed by atoms with Crippen molar-refractivity contribution < 1.29 is 23.6 Å². The number of thioether (sulfide) groups is 1. The standard InChI is InChI=1S/C19H18N4O6S/c1-3-28-15-7-5-4-6-13(15)18-21-22-19(29-18)30-11-17(24)20-14-9-8-12(23(25)26)10-16(14)27-2/h4-10H,3,11H2,1-2H3,(H,20,24). The SMILES string of the molecule is CCOc1ccccc1-c1nnc(SCC(=O)Nc2ccc([N+](=O)[O-])cc2OC)o1. The second-order valence-electron chi connectivity index (χ2n) is 5.78. The molecule has 0 radical (unpaired) electrons. The van der Waals surface area contributed by atoms with Crippen LogP contribution in [0.4, 0.5) is 11.4 Å². The molecule has 0 aliphatic heterocycles. The molecule has 156 valence electrons. The number of carbonyl (C=O) groups excluding carboxylic acids is 1. The van der Waals surface area contributed by atoms with Gasteiger partial charge in [0.15, 0.2) is 0 Å². The second kappa shape index (κ2) is 9.74. The maximum Gasteiger partial charge on any atom is 0.277 e. The van der Waals surface area contributed by atoms with Crippen molar-refractivity contribution in [2.45, 2.75) is 12.1 Å². The smallest absolute Gasteiger partial charge is 0.277 e. The molecule has 11 heteroatoms. The Kier molecular flexibility index (Phi) is 6.86. The van der Waals surface area contributed by atoms with Gasteiger partial charge < -0.3 is 19.2 Å². The van der Waals surface area contributed by atoms with Crippen LogP contribution in [0, 0.1) is 10.1 Å². The van der Waals surface area contributed by atoms with Gasteiger partial charge in [0.05, 0.1) is 41.7 Å². The minimum absolute atomic E-state index is 0.00508. The van der Waals surface area contributed by atoms with Crippen LogP contribution in [-0.4, -0.2) is 40.5 Å². The van der Waals surface area contributed by atoms with E-state index < -0.39 is 4.92 Å². The van der Waals surface area contributed by atoms with Crippen molar-refractivity contribution in [1.29, 1.82) is 0 Å². The van der Waals surface area contributed by atoms with Gasteiger partial charge in [-0.2, -0.15) is 0 Å². The van der Waals surface area contributed by atoms with Gasteiger partial charge in [-0.05, 0) is 25.1 Å². The van der Waals surface area contributed by atoms with Crippen LogP contribution in [-0.2, 0) is 4.79 Å². The largest absolute Gasteiger partial charge is 0.494 e. The monoisotopic (exact) mass is 430 g/mol. The molecule has 30 heavy (non-hydrogen) atoms. The third-order valence-corrected chi connectivity index (χ3v) is 4.64. The van der Waals surface area contributed by atoms with Crippen LogP contribution in [0.1, 0.15) is 6.92 Å². The van der Waals surface area contributed by atoms with Crippen LogP contribution in [0.15, 0.2) is 52.1 Å². The molecule has 1 aromatic heterocycles. The first-order chi connectivity index (χ1) is 14.5. The van der Waals surface area contributed by atoms with Crippen LogP contribution in [0.2, 0.25) is 0 Å². The summed E-state index contributed by atoms with van der Waals surface area (Å²) in [6.45, 7) is 2.38. The highest BCUT2D eigenvalue weighted by Gasteiger charge is 2.16. The Balaban J connectivity index is 1.63. The van der Waals surface area contributed by atoms with Crippen LogP contribution in [0.25, 0.3) is 11.5 Å². The average molecular weight is 430 g/mol. The van der Waals surface area contributed by atoms with Crippen molar-refractivity contribution in [3.8, 4) is 23.0 Å². The fraction of sp³-hybridized carbons (Fsp3) is 0.211. The highest BCUT2D eigenvalue weighted by Crippen LogP contribution is 2.31. The fourth-order valence-corrected chi connectivity index (χ4v) is 3.08. The quantitative estimate of drug-likeness (QED) is 0.306. The number of carbonyl (C=O) groups is 1. The van der Waals surface area contributed by atoms with Gasteiger partial charge in [-0.25, -0.2) is 0 Å². The van der Waals surface area contributed by atoms with Crippen molar-refractivity contribution in [3.05, 3.63) is 52.6 Å². The van der Waals surface area contributed by atoms with E-state index in [1.807, 2.05) is 19.1 Å². The number of ether oxygens (including phenoxy) is 2. The molecule has 0 aliphatic carbocycles. The molecule has 0 bridgehead atoms. The number of nitro benzene ring substituents is 1. The summed E-state index contributed by atoms with van der Waals surface area (Å²) < 4.78 is 16.3. The van der Waals surface area contributed by atoms with Crippen molar-refractivity contribution in [1.82, 2.24) is 10.2 Å². The Morgan fingerprint density at radius 1 is 1.23 bits per heavy atom. The van der Waals surface area contributed by atoms with E-state index in [1.165, 1.54) is 25.3 Å². The van der Waals surface area contributed by atoms with Gasteiger partial charge in [-0.1, -0.05) is 23.9 Å². The molecule has 1 heterocycles. The molecule has 0 unspecified atom stereocenters. The number of methoxy groups -OCH3 is 1. The number of anilines is 1. The summed E-state index contributed by atoms with van der Waals surface area (Å²) in [6.07, 6.45) is 0. The molecule has 1 N–H and O–H groups in total. The minimum Gasteiger partial charge on any atom is -0.494 e. The summed E-state index contributed by atoms with van der Waals surface area (Å²) in [5.41, 5.74) is 0.856. The fourth-order valence-electron chi connectivity index (χ4n) is 2.51. The van der Waals surface area contributed by atoms with Crippen molar-refractivity contribution in [2.24, 2.45) is 0 Å². The molecule has 0 spiro atoms. The lowest BCUT2D eigenvalue weighted by molar-refractivity contribution is -0.384. The lowest BCUT2D eigenvalue weighted by atomic mass is 10.2. The first-order valence-electron chi connectivity index (χ1n) is 8.82. The Labute approximate surface area is 175 Å². The molecular formula is C19H18N4O6S. The molecule has 0 fully saturated rings. The number of nitrogens with one attached hydrogen (secondary N) is 1. The molecule has 0 aliphatic rings. The average Bonchev–Trinajstić information content (AvgIpc) is 3.22. The Hall–Kier alpha value is -3.60. The van der Waals surface area contributed by atoms with E-state index in [1.54, 1.807) is 12.1 Å². The number of hydrogen-bond acceptors (Lipinski definition) is 9. The Morgan fingerprint density at radius 3 is 2.77 bits per heavy atom. The summed E-state index contributed by atoms with van der Waals surface area (Å²) in [5, 5.41) is 21.7. The number of nitrogens with zero attached hydrogens (tertiary/aromatic N) is 3. The first kappa shape index (κ1) is 21.1. The maximum absolute atomic E-state index is 12.3. The molecular weight excluding hydrogens is 412 g/mol. The van der Waals surface area contributed by atoms with Crippen molar-refractivity contribution >= 4 is 29.0 Å². The van der Waals surface area contributed by atoms with Crippen molar-refractivity contribution in [2.75, 3.05) is 24.8 Å². The molecule has 10 nitrogen and oxygen atoms in total. The predicted molar refractivity (Wildman–Crippen MR) is 110 cm³/mol. The molecule has 0 saturated carbocycles. The third kappa shape index (κ3) is 5.06. The number of benzene rings is 2. The van der Waals surface area contributed by atoms with E-state index in [2.05, 4.69) is 15.5 Å². The van der Waals surface area contributed by atoms with Gasteiger partial charge in [0.1, 0.15) is 11.5 Å². The van der Waals surface area contributed by atoms with Gasteiger partial charge in [-0.3, -0.25) is 14.9 Å². The van der Waals surface area contributed by atoms with Crippen LogP contribution >= 0.6 is 11.8 Å². The van der Waals surface area contributed by atoms with E-state index in [0.717, 1.165) is 11.8 Å². The van der Waals surface area contributed by atoms with Crippen LogP contribution in [0.5, 0.6) is 11.5 Å². The number of para-hydroxylation sites is 1. The molecule has 3 aromatic rings. The number of rotatable bonds is 9. The number of amides is 1. The van der Waals surface area contributed by atoms with Crippen LogP contribution in [0.3, 0.4) is 0 Å². The van der Waals surface area contributed by atoms with Crippen LogP contribution < -0.4 is 14.8 Å². The highest BCUT2D eigenvalue weighted by molar-refractivity contribution is 7.99. The van der Waals surface area contributed by atoms with Gasteiger partial charge in [0.25, 0.3) is 16.8 Å². The summed E-state index contributed by atoms with van der Waals surface area (Å²) in [6, 6.07) is 11.2. The van der Waals surface area contributed by atoms with Gasteiger partial charge in [0, 0.05) is 6.07 Å². The lowest BCUT2D eigenvalue weighted by Crippen LogP contribution is -2.14. The normalized spacial score (nSPS) is 10.5. The first-order valence-corrected chi connectivity index (χ1v) is 9.81. The van der Waals surface area contributed by atoms with E-state index in [9.17, 15) is 14.9 Å². The van der Waals surface area contributed by atoms with Gasteiger partial charge in [-0.15, -0.1) is 10.2 Å². The molecule has 1 amide bonds. The zero-order valence-electron chi connectivity index (χ0n) is 16.2. The van der Waals surface area contributed by atoms with Gasteiger partial charge >= 0.3 is 0 Å². The maximum atomic E-state index is 12.3. The van der Waals surface area contributed by atoms with E-state index >= 15 is 0 Å². The molecule has 2 aromatic carbocycles. The Morgan fingerprint density at radius 2 is 2.03 bits per heavy atom. The lowest BCUT2D eigenvalue weighted by Gasteiger charge is -2.09. The minimum atomic E-state index is -0.541. The zero-order chi connectivity index (χ0) is 21.5. The number of non-ortho nitro benzene ring substituents is 1. The summed E-state index contributed by atoms with van der Waals surface area (Å²) in [7, 11) is 1.36. The number of hydrogen-bond donors (Lipinski definition) is 1.